The van der Waals surface area contributed by atoms with Gasteiger partial charge in [-0.05, 0) is 43.2 Å². The van der Waals surface area contributed by atoms with E-state index in [-0.39, 0.29) is 28.8 Å². The maximum atomic E-state index is 13.4. The minimum absolute atomic E-state index is 0.0542. The number of ketones is 1. The number of carbonyl (C=O) groups excluding carboxylic acids is 1. The topological polar surface area (TPSA) is 61.2 Å². The first-order valence-electron chi connectivity index (χ1n) is 9.25. The number of nitrogens with zero attached hydrogens (tertiary/aromatic N) is 2. The predicted octanol–water partition coefficient (Wildman–Crippen LogP) is 3.83. The highest BCUT2D eigenvalue weighted by Gasteiger charge is 2.21. The molecular formula is C21H18F2N2O3S. The Morgan fingerprint density at radius 2 is 2.03 bits per heavy atom. The Morgan fingerprint density at radius 1 is 1.21 bits per heavy atom. The van der Waals surface area contributed by atoms with Crippen LogP contribution in [0.15, 0.2) is 52.4 Å². The number of hydrogen-bond acceptors (Lipinski definition) is 5. The number of thioether (sulfide) groups is 1. The quantitative estimate of drug-likeness (QED) is 0.347. The van der Waals surface area contributed by atoms with Gasteiger partial charge in [0.1, 0.15) is 0 Å². The van der Waals surface area contributed by atoms with E-state index in [0.29, 0.717) is 29.2 Å². The number of fused-ring (bicyclic) bond motifs is 1. The second kappa shape index (κ2) is 8.42. The average molecular weight is 416 g/mol. The van der Waals surface area contributed by atoms with Gasteiger partial charge >= 0.3 is 0 Å². The van der Waals surface area contributed by atoms with E-state index < -0.39 is 11.6 Å². The molecule has 0 N–H and O–H groups in total. The van der Waals surface area contributed by atoms with E-state index in [9.17, 15) is 18.4 Å². The number of Topliss-reactive ketones (excluding diaryl/α,β-unsaturated/α-hetero) is 1. The molecule has 4 rings (SSSR count). The molecule has 1 aliphatic rings. The van der Waals surface area contributed by atoms with Crippen molar-refractivity contribution in [3.05, 3.63) is 70.0 Å². The van der Waals surface area contributed by atoms with Crippen LogP contribution in [0.25, 0.3) is 10.9 Å². The van der Waals surface area contributed by atoms with Crippen molar-refractivity contribution in [1.29, 1.82) is 0 Å². The van der Waals surface area contributed by atoms with E-state index >= 15 is 0 Å². The van der Waals surface area contributed by atoms with E-state index in [0.717, 1.165) is 36.7 Å². The highest BCUT2D eigenvalue weighted by molar-refractivity contribution is 7.99. The van der Waals surface area contributed by atoms with Crippen molar-refractivity contribution in [3.8, 4) is 0 Å². The van der Waals surface area contributed by atoms with Crippen LogP contribution in [0.1, 0.15) is 23.2 Å². The SMILES string of the molecule is O=C(CSc1nc2ccccc2c(=O)n1C[C@@H]1CCCO1)c1ccc(F)c(F)c1. The fourth-order valence-corrected chi connectivity index (χ4v) is 4.20. The molecule has 1 atom stereocenters. The average Bonchev–Trinajstić information content (AvgIpc) is 3.24. The van der Waals surface area contributed by atoms with Gasteiger partial charge < -0.3 is 4.74 Å². The van der Waals surface area contributed by atoms with Gasteiger partial charge in [0, 0.05) is 12.2 Å². The molecule has 5 nitrogen and oxygen atoms in total. The van der Waals surface area contributed by atoms with Gasteiger partial charge in [0.2, 0.25) is 0 Å². The number of halogens is 2. The molecule has 0 bridgehead atoms. The molecule has 1 aromatic heterocycles. The summed E-state index contributed by atoms with van der Waals surface area (Å²) in [6.45, 7) is 1.02. The lowest BCUT2D eigenvalue weighted by molar-refractivity contribution is 0.0937. The Kier molecular flexibility index (Phi) is 5.73. The monoisotopic (exact) mass is 416 g/mol. The van der Waals surface area contributed by atoms with Gasteiger partial charge in [-0.1, -0.05) is 23.9 Å². The zero-order chi connectivity index (χ0) is 20.4. The van der Waals surface area contributed by atoms with Crippen LogP contribution in [-0.2, 0) is 11.3 Å². The van der Waals surface area contributed by atoms with E-state index in [1.54, 1.807) is 28.8 Å². The van der Waals surface area contributed by atoms with Crippen molar-refractivity contribution >= 4 is 28.4 Å². The lowest BCUT2D eigenvalue weighted by atomic mass is 10.1. The minimum Gasteiger partial charge on any atom is -0.376 e. The van der Waals surface area contributed by atoms with Crippen LogP contribution in [-0.4, -0.2) is 33.8 Å². The molecule has 0 amide bonds. The molecular weight excluding hydrogens is 398 g/mol. The lowest BCUT2D eigenvalue weighted by Gasteiger charge is -2.16. The summed E-state index contributed by atoms with van der Waals surface area (Å²) in [6.07, 6.45) is 1.73. The summed E-state index contributed by atoms with van der Waals surface area (Å²) in [7, 11) is 0. The Bertz CT molecular complexity index is 1130. The van der Waals surface area contributed by atoms with Gasteiger partial charge in [0.25, 0.3) is 5.56 Å². The molecule has 0 unspecified atom stereocenters. The maximum Gasteiger partial charge on any atom is 0.262 e. The molecule has 2 aromatic carbocycles. The Balaban J connectivity index is 1.63. The maximum absolute atomic E-state index is 13.4. The second-order valence-corrected chi connectivity index (χ2v) is 7.75. The van der Waals surface area contributed by atoms with E-state index in [2.05, 4.69) is 4.98 Å². The van der Waals surface area contributed by atoms with Crippen LogP contribution in [0, 0.1) is 11.6 Å². The smallest absolute Gasteiger partial charge is 0.262 e. The Labute approximate surface area is 169 Å². The van der Waals surface area contributed by atoms with Gasteiger partial charge in [-0.15, -0.1) is 0 Å². The van der Waals surface area contributed by atoms with Crippen LogP contribution in [0.2, 0.25) is 0 Å². The second-order valence-electron chi connectivity index (χ2n) is 6.80. The molecule has 0 radical (unpaired) electrons. The van der Waals surface area contributed by atoms with Crippen molar-refractivity contribution < 1.29 is 18.3 Å². The largest absolute Gasteiger partial charge is 0.376 e. The normalized spacial score (nSPS) is 16.4. The van der Waals surface area contributed by atoms with Crippen LogP contribution in [0.4, 0.5) is 8.78 Å². The minimum atomic E-state index is -1.07. The van der Waals surface area contributed by atoms with E-state index in [4.69, 9.17) is 4.74 Å². The summed E-state index contributed by atoms with van der Waals surface area (Å²) < 4.78 is 33.7. The molecule has 8 heteroatoms. The molecule has 1 aliphatic heterocycles. The third-order valence-electron chi connectivity index (χ3n) is 4.81. The number of ether oxygens (including phenoxy) is 1. The number of para-hydroxylation sites is 1. The van der Waals surface area contributed by atoms with Gasteiger partial charge in [-0.2, -0.15) is 0 Å². The third kappa shape index (κ3) is 4.23. The van der Waals surface area contributed by atoms with E-state index in [1.165, 1.54) is 6.07 Å². The van der Waals surface area contributed by atoms with Gasteiger partial charge in [0.05, 0.1) is 29.3 Å². The van der Waals surface area contributed by atoms with Crippen molar-refractivity contribution in [3.63, 3.8) is 0 Å². The van der Waals surface area contributed by atoms with Gasteiger partial charge in [0.15, 0.2) is 22.6 Å². The fourth-order valence-electron chi connectivity index (χ4n) is 3.29. The summed E-state index contributed by atoms with van der Waals surface area (Å²) in [5.74, 6) is -2.50. The number of benzene rings is 2. The summed E-state index contributed by atoms with van der Waals surface area (Å²) >= 11 is 1.10. The zero-order valence-electron chi connectivity index (χ0n) is 15.4. The van der Waals surface area contributed by atoms with Gasteiger partial charge in [-0.3, -0.25) is 14.2 Å². The number of rotatable bonds is 6. The zero-order valence-corrected chi connectivity index (χ0v) is 16.3. The predicted molar refractivity (Wildman–Crippen MR) is 106 cm³/mol. The molecule has 29 heavy (non-hydrogen) atoms. The van der Waals surface area contributed by atoms with Gasteiger partial charge in [-0.25, -0.2) is 13.8 Å². The molecule has 0 spiro atoms. The summed E-state index contributed by atoms with van der Waals surface area (Å²) in [4.78, 5) is 30.0. The molecule has 1 saturated heterocycles. The summed E-state index contributed by atoms with van der Waals surface area (Å²) in [5.41, 5.74) is 0.433. The molecule has 0 aliphatic carbocycles. The number of hydrogen-bond donors (Lipinski definition) is 0. The third-order valence-corrected chi connectivity index (χ3v) is 5.79. The fraction of sp³-hybridized carbons (Fsp3) is 0.286. The Hall–Kier alpha value is -2.58. The molecule has 0 saturated carbocycles. The van der Waals surface area contributed by atoms with Crippen molar-refractivity contribution in [2.45, 2.75) is 30.6 Å². The van der Waals surface area contributed by atoms with Crippen LogP contribution >= 0.6 is 11.8 Å². The molecule has 1 fully saturated rings. The highest BCUT2D eigenvalue weighted by Crippen LogP contribution is 2.22. The first-order valence-corrected chi connectivity index (χ1v) is 10.2. The highest BCUT2D eigenvalue weighted by atomic mass is 32.2. The molecule has 150 valence electrons. The summed E-state index contributed by atoms with van der Waals surface area (Å²) in [6, 6.07) is 10.1. The number of aromatic nitrogens is 2. The number of carbonyl (C=O) groups is 1. The Morgan fingerprint density at radius 3 is 2.79 bits per heavy atom. The van der Waals surface area contributed by atoms with Crippen LogP contribution in [0.3, 0.4) is 0 Å². The summed E-state index contributed by atoms with van der Waals surface area (Å²) in [5, 5.41) is 0.905. The van der Waals surface area contributed by atoms with Crippen molar-refractivity contribution in [2.75, 3.05) is 12.4 Å². The van der Waals surface area contributed by atoms with Crippen LogP contribution < -0.4 is 5.56 Å². The van der Waals surface area contributed by atoms with Crippen molar-refractivity contribution in [2.24, 2.45) is 0 Å². The molecule has 3 aromatic rings. The first kappa shape index (κ1) is 19.7. The van der Waals surface area contributed by atoms with Crippen LogP contribution in [0.5, 0.6) is 0 Å². The van der Waals surface area contributed by atoms with E-state index in [1.807, 2.05) is 0 Å². The van der Waals surface area contributed by atoms with Crippen molar-refractivity contribution in [1.82, 2.24) is 9.55 Å². The lowest BCUT2D eigenvalue weighted by Crippen LogP contribution is -2.29. The molecule has 2 heterocycles. The standard InChI is InChI=1S/C21H18F2N2O3S/c22-16-8-7-13(10-17(16)23)19(26)12-29-21-24-18-6-2-1-5-15(18)20(27)25(21)11-14-4-3-9-28-14/h1-2,5-8,10,14H,3-4,9,11-12H2/t14-/m0/s1. The first-order chi connectivity index (χ1) is 14.0.